The predicted molar refractivity (Wildman–Crippen MR) is 101 cm³/mol. The number of hydrogen-bond acceptors (Lipinski definition) is 4. The summed E-state index contributed by atoms with van der Waals surface area (Å²) in [5.74, 6) is 0.353. The quantitative estimate of drug-likeness (QED) is 0.443. The van der Waals surface area contributed by atoms with E-state index in [0.717, 1.165) is 27.8 Å². The molecule has 0 aliphatic carbocycles. The second kappa shape index (κ2) is 6.76. The molecule has 0 radical (unpaired) electrons. The monoisotopic (exact) mass is 345 g/mol. The van der Waals surface area contributed by atoms with Gasteiger partial charge in [-0.15, -0.1) is 0 Å². The van der Waals surface area contributed by atoms with Crippen LogP contribution in [-0.2, 0) is 0 Å². The molecule has 4 aromatic rings. The van der Waals surface area contributed by atoms with Gasteiger partial charge in [-0.1, -0.05) is 30.3 Å². The van der Waals surface area contributed by atoms with Crippen molar-refractivity contribution in [2.45, 2.75) is 6.92 Å². The summed E-state index contributed by atoms with van der Waals surface area (Å²) in [5.41, 5.74) is 6.55. The van der Waals surface area contributed by atoms with Gasteiger partial charge in [0.1, 0.15) is 5.82 Å². The molecule has 0 unspecified atom stereocenters. The van der Waals surface area contributed by atoms with E-state index in [0.29, 0.717) is 5.82 Å². The topological polar surface area (TPSA) is 55.1 Å². The molecule has 0 aliphatic rings. The van der Waals surface area contributed by atoms with Crippen LogP contribution in [0.3, 0.4) is 0 Å². The third-order valence-corrected chi connectivity index (χ3v) is 4.02. The summed E-state index contributed by atoms with van der Waals surface area (Å²) in [5, 5.41) is 9.77. The maximum Gasteiger partial charge on any atom is 0.157 e. The molecule has 2 aromatic carbocycles. The van der Waals surface area contributed by atoms with Crippen LogP contribution in [0.5, 0.6) is 0 Å². The van der Waals surface area contributed by atoms with E-state index in [4.69, 9.17) is 0 Å². The molecule has 4 rings (SSSR count). The number of fused-ring (bicyclic) bond motifs is 1. The van der Waals surface area contributed by atoms with E-state index >= 15 is 0 Å². The van der Waals surface area contributed by atoms with Gasteiger partial charge in [-0.2, -0.15) is 10.2 Å². The van der Waals surface area contributed by atoms with Crippen LogP contribution in [0.4, 0.5) is 10.2 Å². The van der Waals surface area contributed by atoms with Gasteiger partial charge in [0.25, 0.3) is 0 Å². The summed E-state index contributed by atoms with van der Waals surface area (Å²) in [6.45, 7) is 1.94. The molecule has 0 aliphatic heterocycles. The molecule has 2 aromatic heterocycles. The third-order valence-electron chi connectivity index (χ3n) is 4.02. The van der Waals surface area contributed by atoms with Gasteiger partial charge in [0.2, 0.25) is 0 Å². The standard InChI is InChI=1S/C20H16FN5/c1-14-19-18(26(25-14)17-5-3-2-4-6-17)11-12-22-20(19)24-23-13-15-7-9-16(21)10-8-15/h2-13H,1H3,(H,22,24). The normalized spacial score (nSPS) is 11.3. The van der Waals surface area contributed by atoms with Crippen molar-refractivity contribution in [2.75, 3.05) is 5.43 Å². The Kier molecular flexibility index (Phi) is 4.15. The Labute approximate surface area is 149 Å². The predicted octanol–water partition coefficient (Wildman–Crippen LogP) is 4.31. The number of nitrogens with one attached hydrogen (secondary N) is 1. The van der Waals surface area contributed by atoms with Crippen LogP contribution in [0.15, 0.2) is 72.0 Å². The van der Waals surface area contributed by atoms with E-state index in [-0.39, 0.29) is 5.82 Å². The zero-order chi connectivity index (χ0) is 17.9. The minimum Gasteiger partial charge on any atom is -0.261 e. The lowest BCUT2D eigenvalue weighted by Crippen LogP contribution is -1.97. The van der Waals surface area contributed by atoms with E-state index in [1.165, 1.54) is 12.1 Å². The molecule has 0 fully saturated rings. The number of pyridine rings is 1. The highest BCUT2D eigenvalue weighted by molar-refractivity contribution is 5.93. The third kappa shape index (κ3) is 3.04. The van der Waals surface area contributed by atoms with Gasteiger partial charge in [0, 0.05) is 6.20 Å². The van der Waals surface area contributed by atoms with Crippen LogP contribution >= 0.6 is 0 Å². The molecule has 0 amide bonds. The number of para-hydroxylation sites is 1. The fourth-order valence-electron chi connectivity index (χ4n) is 2.81. The summed E-state index contributed by atoms with van der Waals surface area (Å²) in [6.07, 6.45) is 3.34. The molecule has 0 bridgehead atoms. The first-order valence-electron chi connectivity index (χ1n) is 8.17. The van der Waals surface area contributed by atoms with Crippen molar-refractivity contribution in [3.63, 3.8) is 0 Å². The Balaban J connectivity index is 1.68. The van der Waals surface area contributed by atoms with Crippen molar-refractivity contribution in [1.29, 1.82) is 0 Å². The van der Waals surface area contributed by atoms with Crippen LogP contribution in [-0.4, -0.2) is 21.0 Å². The highest BCUT2D eigenvalue weighted by atomic mass is 19.1. The van der Waals surface area contributed by atoms with Gasteiger partial charge in [0.05, 0.1) is 28.5 Å². The van der Waals surface area contributed by atoms with Gasteiger partial charge < -0.3 is 0 Å². The lowest BCUT2D eigenvalue weighted by molar-refractivity contribution is 0.628. The summed E-state index contributed by atoms with van der Waals surface area (Å²) in [7, 11) is 0. The molecule has 5 nitrogen and oxygen atoms in total. The summed E-state index contributed by atoms with van der Waals surface area (Å²) in [4.78, 5) is 4.38. The molecular weight excluding hydrogens is 329 g/mol. The van der Waals surface area contributed by atoms with Gasteiger partial charge in [-0.3, -0.25) is 5.43 Å². The Hall–Kier alpha value is -3.54. The molecule has 128 valence electrons. The minimum absolute atomic E-state index is 0.273. The second-order valence-electron chi connectivity index (χ2n) is 5.81. The smallest absolute Gasteiger partial charge is 0.157 e. The molecule has 6 heteroatoms. The molecule has 1 N–H and O–H groups in total. The van der Waals surface area contributed by atoms with E-state index in [9.17, 15) is 4.39 Å². The van der Waals surface area contributed by atoms with E-state index in [1.54, 1.807) is 24.5 Å². The lowest BCUT2D eigenvalue weighted by Gasteiger charge is -2.04. The van der Waals surface area contributed by atoms with E-state index in [2.05, 4.69) is 20.6 Å². The molecule has 2 heterocycles. The van der Waals surface area contributed by atoms with Crippen LogP contribution in [0.1, 0.15) is 11.3 Å². The Morgan fingerprint density at radius 3 is 2.58 bits per heavy atom. The van der Waals surface area contributed by atoms with Crippen LogP contribution in [0.2, 0.25) is 0 Å². The number of anilines is 1. The van der Waals surface area contributed by atoms with E-state index < -0.39 is 0 Å². The number of benzene rings is 2. The Morgan fingerprint density at radius 1 is 1.04 bits per heavy atom. The van der Waals surface area contributed by atoms with Crippen LogP contribution < -0.4 is 5.43 Å². The number of nitrogens with zero attached hydrogens (tertiary/aromatic N) is 4. The molecule has 0 atom stereocenters. The lowest BCUT2D eigenvalue weighted by atomic mass is 10.2. The van der Waals surface area contributed by atoms with Gasteiger partial charge in [-0.05, 0) is 42.8 Å². The molecule has 0 saturated heterocycles. The van der Waals surface area contributed by atoms with Crippen molar-refractivity contribution in [3.05, 3.63) is 83.9 Å². The van der Waals surface area contributed by atoms with Crippen molar-refractivity contribution in [2.24, 2.45) is 5.10 Å². The van der Waals surface area contributed by atoms with Crippen molar-refractivity contribution in [3.8, 4) is 5.69 Å². The Morgan fingerprint density at radius 2 is 1.81 bits per heavy atom. The number of aromatic nitrogens is 3. The number of hydrazone groups is 1. The summed E-state index contributed by atoms with van der Waals surface area (Å²) < 4.78 is 14.8. The number of rotatable bonds is 4. The number of halogens is 1. The fourth-order valence-corrected chi connectivity index (χ4v) is 2.81. The van der Waals surface area contributed by atoms with Crippen molar-refractivity contribution < 1.29 is 4.39 Å². The average molecular weight is 345 g/mol. The van der Waals surface area contributed by atoms with E-state index in [1.807, 2.05) is 48.0 Å². The first kappa shape index (κ1) is 16.0. The van der Waals surface area contributed by atoms with Gasteiger partial charge >= 0.3 is 0 Å². The highest BCUT2D eigenvalue weighted by Gasteiger charge is 2.13. The summed E-state index contributed by atoms with van der Waals surface area (Å²) >= 11 is 0. The fraction of sp³-hybridized carbons (Fsp3) is 0.0500. The number of hydrogen-bond donors (Lipinski definition) is 1. The SMILES string of the molecule is Cc1nn(-c2ccccc2)c2ccnc(NN=Cc3ccc(F)cc3)c12. The first-order chi connectivity index (χ1) is 12.7. The zero-order valence-corrected chi connectivity index (χ0v) is 14.1. The second-order valence-corrected chi connectivity index (χ2v) is 5.81. The van der Waals surface area contributed by atoms with Crippen molar-refractivity contribution >= 4 is 22.9 Å². The maximum atomic E-state index is 13.0. The number of aryl methyl sites for hydroxylation is 1. The van der Waals surface area contributed by atoms with Crippen LogP contribution in [0, 0.1) is 12.7 Å². The molecule has 0 saturated carbocycles. The molecule has 0 spiro atoms. The minimum atomic E-state index is -0.273. The molecular formula is C20H16FN5. The Bertz CT molecular complexity index is 1070. The largest absolute Gasteiger partial charge is 0.261 e. The van der Waals surface area contributed by atoms with Crippen molar-refractivity contribution in [1.82, 2.24) is 14.8 Å². The first-order valence-corrected chi connectivity index (χ1v) is 8.17. The average Bonchev–Trinajstić information content (AvgIpc) is 3.02. The zero-order valence-electron chi connectivity index (χ0n) is 14.1. The highest BCUT2D eigenvalue weighted by Crippen LogP contribution is 2.26. The van der Waals surface area contributed by atoms with Crippen LogP contribution in [0.25, 0.3) is 16.6 Å². The maximum absolute atomic E-state index is 13.0. The summed E-state index contributed by atoms with van der Waals surface area (Å²) in [6, 6.07) is 18.0. The molecule has 26 heavy (non-hydrogen) atoms. The van der Waals surface area contributed by atoms with Gasteiger partial charge in [0.15, 0.2) is 5.82 Å². The van der Waals surface area contributed by atoms with Gasteiger partial charge in [-0.25, -0.2) is 14.1 Å².